The van der Waals surface area contributed by atoms with Crippen LogP contribution in [0.5, 0.6) is 0 Å². The van der Waals surface area contributed by atoms with E-state index >= 15 is 0 Å². The Hall–Kier alpha value is -3.28. The number of nitrogens with zero attached hydrogens (tertiary/aromatic N) is 3. The second-order valence-electron chi connectivity index (χ2n) is 10.0. The molecule has 1 amide bonds. The summed E-state index contributed by atoms with van der Waals surface area (Å²) in [6.07, 6.45) is 9.40. The minimum Gasteiger partial charge on any atom is -0.349 e. The van der Waals surface area contributed by atoms with Crippen LogP contribution in [0.25, 0.3) is 11.3 Å². The molecule has 0 aliphatic heterocycles. The van der Waals surface area contributed by atoms with E-state index in [4.69, 9.17) is 0 Å². The van der Waals surface area contributed by atoms with Crippen molar-refractivity contribution >= 4 is 17.4 Å². The Balaban J connectivity index is 1.48. The van der Waals surface area contributed by atoms with Crippen molar-refractivity contribution in [3.63, 3.8) is 0 Å². The van der Waals surface area contributed by atoms with Crippen molar-refractivity contribution in [1.29, 1.82) is 0 Å². The number of hydrogen-bond acceptors (Lipinski definition) is 5. The van der Waals surface area contributed by atoms with Crippen LogP contribution in [-0.4, -0.2) is 26.9 Å². The molecule has 33 heavy (non-hydrogen) atoms. The van der Waals surface area contributed by atoms with Crippen LogP contribution in [0.2, 0.25) is 0 Å². The third-order valence-electron chi connectivity index (χ3n) is 6.71. The number of pyridine rings is 1. The number of carbonyl (C=O) groups excluding carboxylic acids is 1. The van der Waals surface area contributed by atoms with Crippen LogP contribution in [-0.2, 0) is 0 Å². The number of rotatable bonds is 5. The van der Waals surface area contributed by atoms with Crippen LogP contribution in [0.3, 0.4) is 0 Å². The Kier molecular flexibility index (Phi) is 6.72. The number of aryl methyl sites for hydroxylation is 1. The summed E-state index contributed by atoms with van der Waals surface area (Å²) in [4.78, 5) is 25.9. The Labute approximate surface area is 196 Å². The van der Waals surface area contributed by atoms with E-state index in [0.717, 1.165) is 41.3 Å². The maximum Gasteiger partial charge on any atom is 0.251 e. The van der Waals surface area contributed by atoms with Gasteiger partial charge in [-0.05, 0) is 79.8 Å². The zero-order chi connectivity index (χ0) is 23.4. The number of benzene rings is 1. The summed E-state index contributed by atoms with van der Waals surface area (Å²) in [5, 5.41) is 6.66. The minimum atomic E-state index is -0.0192. The second kappa shape index (κ2) is 9.69. The predicted molar refractivity (Wildman–Crippen MR) is 132 cm³/mol. The summed E-state index contributed by atoms with van der Waals surface area (Å²) in [6.45, 7) is 8.96. The van der Waals surface area contributed by atoms with Crippen molar-refractivity contribution in [3.05, 3.63) is 66.2 Å². The number of hydrogen-bond donors (Lipinski definition) is 2. The molecule has 2 N–H and O–H groups in total. The van der Waals surface area contributed by atoms with Crippen molar-refractivity contribution in [2.45, 2.75) is 59.4 Å². The lowest BCUT2D eigenvalue weighted by Gasteiger charge is -2.37. The number of aromatic nitrogens is 3. The smallest absolute Gasteiger partial charge is 0.251 e. The van der Waals surface area contributed by atoms with E-state index < -0.39 is 0 Å². The largest absolute Gasteiger partial charge is 0.349 e. The normalized spacial score (nSPS) is 18.5. The molecule has 1 aromatic carbocycles. The van der Waals surface area contributed by atoms with E-state index in [0.29, 0.717) is 16.8 Å². The van der Waals surface area contributed by atoms with Crippen molar-refractivity contribution in [1.82, 2.24) is 20.3 Å². The number of nitrogens with one attached hydrogen (secondary N) is 2. The summed E-state index contributed by atoms with van der Waals surface area (Å²) in [6, 6.07) is 11.7. The van der Waals surface area contributed by atoms with E-state index in [1.54, 1.807) is 12.4 Å². The number of carbonyl (C=O) groups is 1. The molecule has 6 heteroatoms. The summed E-state index contributed by atoms with van der Waals surface area (Å²) in [5.41, 5.74) is 4.55. The quantitative estimate of drug-likeness (QED) is 0.511. The molecule has 4 rings (SSSR count). The molecule has 0 radical (unpaired) electrons. The zero-order valence-corrected chi connectivity index (χ0v) is 19.9. The average Bonchev–Trinajstić information content (AvgIpc) is 2.81. The fourth-order valence-corrected chi connectivity index (χ4v) is 4.56. The first-order chi connectivity index (χ1) is 15.8. The topological polar surface area (TPSA) is 79.8 Å². The van der Waals surface area contributed by atoms with Gasteiger partial charge in [0.05, 0.1) is 5.69 Å². The fourth-order valence-electron chi connectivity index (χ4n) is 4.56. The van der Waals surface area contributed by atoms with Crippen LogP contribution >= 0.6 is 0 Å². The lowest BCUT2D eigenvalue weighted by atomic mass is 9.71. The second-order valence-corrected chi connectivity index (χ2v) is 10.0. The molecular weight excluding hydrogens is 410 g/mol. The highest BCUT2D eigenvalue weighted by atomic mass is 16.1. The highest BCUT2D eigenvalue weighted by Crippen LogP contribution is 2.38. The standard InChI is InChI=1S/C27H33N5O/c1-18-7-8-19(26(33)31-21-11-9-20(10-12-21)27(2,3)4)16-24(18)32-25-22(6-5-14-29-25)23-13-15-28-17-30-23/h5-8,13-17,20-21H,9-12H2,1-4H3,(H,29,32)(H,31,33). The molecule has 1 aliphatic rings. The lowest BCUT2D eigenvalue weighted by molar-refractivity contribution is 0.0904. The Bertz CT molecular complexity index is 1100. The minimum absolute atomic E-state index is 0.0192. The molecule has 0 spiro atoms. The number of anilines is 2. The van der Waals surface area contributed by atoms with Gasteiger partial charge < -0.3 is 10.6 Å². The van der Waals surface area contributed by atoms with Gasteiger partial charge in [0.15, 0.2) is 0 Å². The van der Waals surface area contributed by atoms with Gasteiger partial charge in [0.1, 0.15) is 12.1 Å². The lowest BCUT2D eigenvalue weighted by Crippen LogP contribution is -2.39. The summed E-state index contributed by atoms with van der Waals surface area (Å²) >= 11 is 0. The zero-order valence-electron chi connectivity index (χ0n) is 19.9. The van der Waals surface area contributed by atoms with Crippen molar-refractivity contribution in [2.24, 2.45) is 11.3 Å². The van der Waals surface area contributed by atoms with Crippen molar-refractivity contribution < 1.29 is 4.79 Å². The third-order valence-corrected chi connectivity index (χ3v) is 6.71. The molecule has 1 fully saturated rings. The Morgan fingerprint density at radius 3 is 2.48 bits per heavy atom. The molecule has 2 aromatic heterocycles. The van der Waals surface area contributed by atoms with Gasteiger partial charge in [-0.15, -0.1) is 0 Å². The molecule has 6 nitrogen and oxygen atoms in total. The first-order valence-corrected chi connectivity index (χ1v) is 11.7. The molecule has 0 atom stereocenters. The van der Waals surface area contributed by atoms with Crippen LogP contribution in [0, 0.1) is 18.3 Å². The molecule has 1 aliphatic carbocycles. The van der Waals surface area contributed by atoms with Crippen LogP contribution < -0.4 is 10.6 Å². The molecule has 172 valence electrons. The maximum absolute atomic E-state index is 13.0. The average molecular weight is 444 g/mol. The molecule has 0 unspecified atom stereocenters. The predicted octanol–water partition coefficient (Wildman–Crippen LogP) is 5.93. The molecule has 3 aromatic rings. The molecule has 1 saturated carbocycles. The molecule has 0 saturated heterocycles. The van der Waals surface area contributed by atoms with Gasteiger partial charge >= 0.3 is 0 Å². The summed E-state index contributed by atoms with van der Waals surface area (Å²) in [7, 11) is 0. The SMILES string of the molecule is Cc1ccc(C(=O)NC2CCC(C(C)(C)C)CC2)cc1Nc1ncccc1-c1ccncn1. The Morgan fingerprint density at radius 1 is 1.00 bits per heavy atom. The van der Waals surface area contributed by atoms with Crippen LogP contribution in [0.15, 0.2) is 55.1 Å². The molecular formula is C27H33N5O. The first kappa shape index (κ1) is 22.9. The van der Waals surface area contributed by atoms with E-state index in [9.17, 15) is 4.79 Å². The summed E-state index contributed by atoms with van der Waals surface area (Å²) in [5.74, 6) is 1.40. The monoisotopic (exact) mass is 443 g/mol. The van der Waals surface area contributed by atoms with Gasteiger partial charge in [-0.25, -0.2) is 15.0 Å². The van der Waals surface area contributed by atoms with Gasteiger partial charge in [0.2, 0.25) is 0 Å². The van der Waals surface area contributed by atoms with E-state index in [2.05, 4.69) is 46.4 Å². The van der Waals surface area contributed by atoms with E-state index in [1.807, 2.05) is 43.3 Å². The summed E-state index contributed by atoms with van der Waals surface area (Å²) < 4.78 is 0. The van der Waals surface area contributed by atoms with Gasteiger partial charge in [-0.1, -0.05) is 26.8 Å². The highest BCUT2D eigenvalue weighted by molar-refractivity contribution is 5.96. The maximum atomic E-state index is 13.0. The fraction of sp³-hybridized carbons (Fsp3) is 0.407. The highest BCUT2D eigenvalue weighted by Gasteiger charge is 2.30. The third kappa shape index (κ3) is 5.56. The van der Waals surface area contributed by atoms with Gasteiger partial charge in [0.25, 0.3) is 5.91 Å². The molecule has 2 heterocycles. The van der Waals surface area contributed by atoms with Gasteiger partial charge in [-0.3, -0.25) is 4.79 Å². The van der Waals surface area contributed by atoms with Crippen LogP contribution in [0.1, 0.15) is 62.4 Å². The molecule has 0 bridgehead atoms. The Morgan fingerprint density at radius 2 is 1.79 bits per heavy atom. The van der Waals surface area contributed by atoms with Crippen molar-refractivity contribution in [2.75, 3.05) is 5.32 Å². The van der Waals surface area contributed by atoms with E-state index in [1.165, 1.54) is 19.2 Å². The van der Waals surface area contributed by atoms with Gasteiger partial charge in [0, 0.05) is 35.2 Å². The van der Waals surface area contributed by atoms with Gasteiger partial charge in [-0.2, -0.15) is 0 Å². The van der Waals surface area contributed by atoms with Crippen molar-refractivity contribution in [3.8, 4) is 11.3 Å². The first-order valence-electron chi connectivity index (χ1n) is 11.7. The van der Waals surface area contributed by atoms with E-state index in [-0.39, 0.29) is 11.9 Å². The number of amides is 1. The van der Waals surface area contributed by atoms with Crippen LogP contribution in [0.4, 0.5) is 11.5 Å².